The third kappa shape index (κ3) is 5.37. The molecule has 0 aliphatic carbocycles. The predicted octanol–water partition coefficient (Wildman–Crippen LogP) is -1.74. The van der Waals surface area contributed by atoms with Gasteiger partial charge in [-0.05, 0) is 31.2 Å². The van der Waals surface area contributed by atoms with Crippen molar-refractivity contribution in [3.05, 3.63) is 46.6 Å². The van der Waals surface area contributed by atoms with E-state index in [9.17, 15) is 50.8 Å². The number of aliphatic hydroxyl groups excluding tert-OH is 7. The van der Waals surface area contributed by atoms with Gasteiger partial charge in [0.15, 0.2) is 5.76 Å². The summed E-state index contributed by atoms with van der Waals surface area (Å²) < 4.78 is 27.6. The van der Waals surface area contributed by atoms with Gasteiger partial charge in [0.2, 0.25) is 23.8 Å². The second-order valence-corrected chi connectivity index (χ2v) is 10.1. The molecule has 2 aliphatic rings. The highest BCUT2D eigenvalue weighted by molar-refractivity contribution is 5.88. The van der Waals surface area contributed by atoms with Gasteiger partial charge < -0.3 is 69.3 Å². The van der Waals surface area contributed by atoms with Crippen molar-refractivity contribution >= 4 is 11.0 Å². The Hall–Kier alpha value is -3.51. The van der Waals surface area contributed by atoms with Gasteiger partial charge in [-0.3, -0.25) is 4.79 Å². The van der Waals surface area contributed by atoms with Gasteiger partial charge in [-0.2, -0.15) is 0 Å². The molecule has 2 fully saturated rings. The Bertz CT molecular complexity index is 1470. The number of aromatic hydroxyl groups is 2. The third-order valence-corrected chi connectivity index (χ3v) is 7.20. The number of fused-ring (bicyclic) bond motifs is 1. The zero-order valence-corrected chi connectivity index (χ0v) is 21.9. The normalized spacial score (nSPS) is 33.4. The average Bonchev–Trinajstić information content (AvgIpc) is 2.97. The molecular weight excluding hydrogens is 564 g/mol. The highest BCUT2D eigenvalue weighted by Gasteiger charge is 2.45. The summed E-state index contributed by atoms with van der Waals surface area (Å²) >= 11 is 0. The van der Waals surface area contributed by atoms with Crippen LogP contribution >= 0.6 is 0 Å². The summed E-state index contributed by atoms with van der Waals surface area (Å²) in [5.74, 6) is -1.72. The minimum Gasteiger partial charge on any atom is -0.507 e. The van der Waals surface area contributed by atoms with Gasteiger partial charge in [-0.25, -0.2) is 0 Å². The molecular formula is C27H30O15. The number of phenols is 1. The Morgan fingerprint density at radius 3 is 2.00 bits per heavy atom. The quantitative estimate of drug-likeness (QED) is 0.154. The molecule has 0 saturated carbocycles. The van der Waals surface area contributed by atoms with Crippen molar-refractivity contribution in [2.24, 2.45) is 0 Å². The van der Waals surface area contributed by atoms with E-state index in [-0.39, 0.29) is 33.8 Å². The van der Waals surface area contributed by atoms with Crippen molar-refractivity contribution in [1.82, 2.24) is 0 Å². The summed E-state index contributed by atoms with van der Waals surface area (Å²) in [7, 11) is 0. The largest absolute Gasteiger partial charge is 0.507 e. The molecule has 2 aromatic carbocycles. The summed E-state index contributed by atoms with van der Waals surface area (Å²) in [6.45, 7) is 0.826. The summed E-state index contributed by atoms with van der Waals surface area (Å²) in [5, 5.41) is 90.3. The Kier molecular flexibility index (Phi) is 8.30. The Morgan fingerprint density at radius 1 is 0.762 bits per heavy atom. The molecule has 2 saturated heterocycles. The first-order chi connectivity index (χ1) is 19.9. The van der Waals surface area contributed by atoms with Crippen molar-refractivity contribution < 1.29 is 69.3 Å². The van der Waals surface area contributed by atoms with Crippen LogP contribution in [0.5, 0.6) is 23.0 Å². The highest BCUT2D eigenvalue weighted by atomic mass is 16.7. The van der Waals surface area contributed by atoms with Crippen LogP contribution in [0.4, 0.5) is 0 Å². The first-order valence-electron chi connectivity index (χ1n) is 12.9. The lowest BCUT2D eigenvalue weighted by molar-refractivity contribution is -0.277. The minimum absolute atomic E-state index is 0.117. The van der Waals surface area contributed by atoms with E-state index < -0.39 is 84.9 Å². The molecule has 0 amide bonds. The lowest BCUT2D eigenvalue weighted by Crippen LogP contribution is -2.60. The number of rotatable bonds is 6. The number of phenolic OH excluding ortho intramolecular Hbond substituents is 1. The fraction of sp³-hybridized carbons (Fsp3) is 0.444. The number of hydrogen-bond acceptors (Lipinski definition) is 15. The van der Waals surface area contributed by atoms with Crippen LogP contribution in [0.25, 0.3) is 22.3 Å². The summed E-state index contributed by atoms with van der Waals surface area (Å²) in [6, 6.07) is 7.77. The third-order valence-electron chi connectivity index (χ3n) is 7.20. The molecule has 3 heterocycles. The second kappa shape index (κ2) is 11.6. The number of hydrogen-bond donors (Lipinski definition) is 9. The van der Waals surface area contributed by atoms with Crippen LogP contribution < -0.4 is 14.9 Å². The number of ether oxygens (including phenoxy) is 4. The maximum atomic E-state index is 12.9. The van der Waals surface area contributed by atoms with Crippen LogP contribution in [0.15, 0.2) is 45.6 Å². The van der Waals surface area contributed by atoms with E-state index in [1.54, 1.807) is 0 Å². The van der Waals surface area contributed by atoms with E-state index >= 15 is 0 Å². The molecule has 15 nitrogen and oxygen atoms in total. The monoisotopic (exact) mass is 594 g/mol. The van der Waals surface area contributed by atoms with E-state index in [0.29, 0.717) is 0 Å². The molecule has 228 valence electrons. The van der Waals surface area contributed by atoms with Gasteiger partial charge in [0, 0.05) is 17.7 Å². The topological polar surface area (TPSA) is 249 Å². The van der Waals surface area contributed by atoms with Gasteiger partial charge in [0.1, 0.15) is 70.9 Å². The Balaban J connectivity index is 1.41. The van der Waals surface area contributed by atoms with Crippen molar-refractivity contribution in [2.75, 3.05) is 6.61 Å². The van der Waals surface area contributed by atoms with Gasteiger partial charge in [0.05, 0.1) is 12.7 Å². The highest BCUT2D eigenvalue weighted by Crippen LogP contribution is 2.37. The van der Waals surface area contributed by atoms with Crippen LogP contribution in [0, 0.1) is 0 Å². The smallest absolute Gasteiger partial charge is 0.238 e. The predicted molar refractivity (Wildman–Crippen MR) is 139 cm³/mol. The zero-order chi connectivity index (χ0) is 30.5. The standard InChI is InChI=1S/C27H30O15/c1-9-17(30)20(33)23(36)26(38-9)40-12-6-13(29)16-14(7-12)41-25(22(35)19(16)32)10-2-4-11(5-3-10)39-27-24(37)21(34)18(31)15(8-28)42-27/h2-7,9,15,17-18,20-21,23-24,26-31,33-37H,8H2,1H3. The first kappa shape index (κ1) is 30.0. The van der Waals surface area contributed by atoms with Gasteiger partial charge >= 0.3 is 0 Å². The lowest BCUT2D eigenvalue weighted by atomic mass is 9.99. The van der Waals surface area contributed by atoms with Gasteiger partial charge in [-0.1, -0.05) is 0 Å². The SMILES string of the molecule is CC1OC(Oc2cc(O)c3c(=O)c(O)c(-c4ccc(OC5OC(CO)C(O)C(O)C5O)cc4)oc3c2)C(O)C(O)C1O. The van der Waals surface area contributed by atoms with Crippen LogP contribution in [0.1, 0.15) is 6.92 Å². The maximum absolute atomic E-state index is 12.9. The summed E-state index contributed by atoms with van der Waals surface area (Å²) in [5.41, 5.74) is -0.975. The van der Waals surface area contributed by atoms with Gasteiger partial charge in [0.25, 0.3) is 0 Å². The molecule has 9 N–H and O–H groups in total. The zero-order valence-electron chi connectivity index (χ0n) is 21.9. The molecule has 0 bridgehead atoms. The molecule has 15 heteroatoms. The lowest BCUT2D eigenvalue weighted by Gasteiger charge is -2.39. The number of benzene rings is 2. The second-order valence-electron chi connectivity index (χ2n) is 10.1. The molecule has 3 aromatic rings. The summed E-state index contributed by atoms with van der Waals surface area (Å²) in [6.07, 6.45) is -14.3. The number of aliphatic hydroxyl groups is 7. The van der Waals surface area contributed by atoms with Crippen LogP contribution in [0.3, 0.4) is 0 Å². The minimum atomic E-state index is -1.64. The summed E-state index contributed by atoms with van der Waals surface area (Å²) in [4.78, 5) is 12.9. The Labute approximate surface area is 236 Å². The van der Waals surface area contributed by atoms with Crippen LogP contribution in [0.2, 0.25) is 0 Å². The van der Waals surface area contributed by atoms with Crippen molar-refractivity contribution in [1.29, 1.82) is 0 Å². The molecule has 5 rings (SSSR count). The van der Waals surface area contributed by atoms with E-state index in [1.807, 2.05) is 0 Å². The van der Waals surface area contributed by atoms with Gasteiger partial charge in [-0.15, -0.1) is 0 Å². The molecule has 10 unspecified atom stereocenters. The molecule has 2 aliphatic heterocycles. The Morgan fingerprint density at radius 2 is 1.36 bits per heavy atom. The molecule has 0 spiro atoms. The van der Waals surface area contributed by atoms with E-state index in [4.69, 9.17) is 23.4 Å². The van der Waals surface area contributed by atoms with E-state index in [1.165, 1.54) is 37.3 Å². The molecule has 1 aromatic heterocycles. The maximum Gasteiger partial charge on any atom is 0.238 e. The molecule has 0 radical (unpaired) electrons. The van der Waals surface area contributed by atoms with Crippen molar-refractivity contribution in [3.8, 4) is 34.3 Å². The van der Waals surface area contributed by atoms with E-state index in [2.05, 4.69) is 0 Å². The van der Waals surface area contributed by atoms with Crippen LogP contribution in [-0.4, -0.2) is 114 Å². The molecule has 42 heavy (non-hydrogen) atoms. The van der Waals surface area contributed by atoms with Crippen molar-refractivity contribution in [3.63, 3.8) is 0 Å². The average molecular weight is 595 g/mol. The van der Waals surface area contributed by atoms with E-state index in [0.717, 1.165) is 6.07 Å². The van der Waals surface area contributed by atoms with Crippen molar-refractivity contribution in [2.45, 2.75) is 68.3 Å². The van der Waals surface area contributed by atoms with Crippen LogP contribution in [-0.2, 0) is 9.47 Å². The fourth-order valence-corrected chi connectivity index (χ4v) is 4.76. The molecule has 10 atom stereocenters. The first-order valence-corrected chi connectivity index (χ1v) is 12.9. The fourth-order valence-electron chi connectivity index (χ4n) is 4.76.